The van der Waals surface area contributed by atoms with E-state index in [1.54, 1.807) is 14.2 Å². The van der Waals surface area contributed by atoms with Gasteiger partial charge in [0.1, 0.15) is 11.5 Å². The Bertz CT molecular complexity index is 600. The topological polar surface area (TPSA) is 18.5 Å². The van der Waals surface area contributed by atoms with Crippen molar-refractivity contribution in [3.63, 3.8) is 0 Å². The molecule has 0 saturated carbocycles. The van der Waals surface area contributed by atoms with Crippen molar-refractivity contribution in [1.82, 2.24) is 0 Å². The number of aryl methyl sites for hydroxylation is 2. The zero-order valence-corrected chi connectivity index (χ0v) is 12.2. The standard InChI is InChI=1S/C17H20O2/c1-11-8-14(10-15(9-11)18-4)17-12(2)6-7-16(19-5)13(17)3/h6-10H,1-5H3. The second kappa shape index (κ2) is 5.35. The molecule has 0 amide bonds. The molecule has 2 rings (SSSR count). The van der Waals surface area contributed by atoms with Crippen molar-refractivity contribution in [2.75, 3.05) is 14.2 Å². The first kappa shape index (κ1) is 13.5. The molecule has 0 bridgehead atoms. The number of hydrogen-bond donors (Lipinski definition) is 0. The summed E-state index contributed by atoms with van der Waals surface area (Å²) >= 11 is 0. The van der Waals surface area contributed by atoms with Gasteiger partial charge in [0, 0.05) is 0 Å². The SMILES string of the molecule is COc1cc(C)cc(-c2c(C)ccc(OC)c2C)c1. The normalized spacial score (nSPS) is 10.4. The highest BCUT2D eigenvalue weighted by atomic mass is 16.5. The first-order valence-electron chi connectivity index (χ1n) is 6.37. The Labute approximate surface area is 115 Å². The van der Waals surface area contributed by atoms with Gasteiger partial charge >= 0.3 is 0 Å². The van der Waals surface area contributed by atoms with Gasteiger partial charge in [-0.15, -0.1) is 0 Å². The van der Waals surface area contributed by atoms with Crippen LogP contribution in [0.25, 0.3) is 11.1 Å². The van der Waals surface area contributed by atoms with Gasteiger partial charge in [-0.25, -0.2) is 0 Å². The molecule has 0 aromatic heterocycles. The molecule has 2 nitrogen and oxygen atoms in total. The third kappa shape index (κ3) is 2.58. The van der Waals surface area contributed by atoms with Crippen LogP contribution in [0.2, 0.25) is 0 Å². The number of hydrogen-bond acceptors (Lipinski definition) is 2. The second-order valence-electron chi connectivity index (χ2n) is 4.82. The Hall–Kier alpha value is -1.96. The summed E-state index contributed by atoms with van der Waals surface area (Å²) in [7, 11) is 3.40. The average molecular weight is 256 g/mol. The van der Waals surface area contributed by atoms with E-state index in [4.69, 9.17) is 9.47 Å². The Kier molecular flexibility index (Phi) is 3.79. The molecule has 2 aromatic rings. The van der Waals surface area contributed by atoms with Crippen molar-refractivity contribution in [3.8, 4) is 22.6 Å². The van der Waals surface area contributed by atoms with E-state index in [9.17, 15) is 0 Å². The molecular formula is C17H20O2. The van der Waals surface area contributed by atoms with E-state index in [0.717, 1.165) is 17.1 Å². The van der Waals surface area contributed by atoms with Crippen LogP contribution in [0, 0.1) is 20.8 Å². The molecule has 0 aliphatic rings. The maximum atomic E-state index is 5.42. The van der Waals surface area contributed by atoms with Gasteiger partial charge in [-0.3, -0.25) is 0 Å². The quantitative estimate of drug-likeness (QED) is 0.815. The van der Waals surface area contributed by atoms with Gasteiger partial charge in [0.15, 0.2) is 0 Å². The summed E-state index contributed by atoms with van der Waals surface area (Å²) in [5.41, 5.74) is 5.99. The van der Waals surface area contributed by atoms with Gasteiger partial charge in [-0.05, 0) is 66.8 Å². The molecule has 0 atom stereocenters. The average Bonchev–Trinajstić information content (AvgIpc) is 2.38. The lowest BCUT2D eigenvalue weighted by atomic mass is 9.94. The van der Waals surface area contributed by atoms with Crippen LogP contribution in [0.4, 0.5) is 0 Å². The maximum absolute atomic E-state index is 5.42. The zero-order valence-electron chi connectivity index (χ0n) is 12.2. The van der Waals surface area contributed by atoms with Crippen LogP contribution < -0.4 is 9.47 Å². The van der Waals surface area contributed by atoms with E-state index < -0.39 is 0 Å². The van der Waals surface area contributed by atoms with Crippen LogP contribution in [-0.4, -0.2) is 14.2 Å². The van der Waals surface area contributed by atoms with Gasteiger partial charge in [0.25, 0.3) is 0 Å². The molecule has 0 saturated heterocycles. The van der Waals surface area contributed by atoms with E-state index in [0.29, 0.717) is 0 Å². The van der Waals surface area contributed by atoms with Crippen LogP contribution in [0.3, 0.4) is 0 Å². The van der Waals surface area contributed by atoms with Gasteiger partial charge in [0.05, 0.1) is 14.2 Å². The highest BCUT2D eigenvalue weighted by Gasteiger charge is 2.11. The Morgan fingerprint density at radius 1 is 0.842 bits per heavy atom. The summed E-state index contributed by atoms with van der Waals surface area (Å²) in [6.07, 6.45) is 0. The molecule has 0 aliphatic carbocycles. The predicted octanol–water partition coefficient (Wildman–Crippen LogP) is 4.30. The van der Waals surface area contributed by atoms with Crippen molar-refractivity contribution in [3.05, 3.63) is 47.0 Å². The van der Waals surface area contributed by atoms with Crippen LogP contribution in [-0.2, 0) is 0 Å². The molecule has 19 heavy (non-hydrogen) atoms. The summed E-state index contributed by atoms with van der Waals surface area (Å²) in [5, 5.41) is 0. The van der Waals surface area contributed by atoms with Crippen LogP contribution >= 0.6 is 0 Å². The Morgan fingerprint density at radius 3 is 2.21 bits per heavy atom. The minimum atomic E-state index is 0.886. The lowest BCUT2D eigenvalue weighted by Crippen LogP contribution is -1.94. The van der Waals surface area contributed by atoms with Gasteiger partial charge in [-0.1, -0.05) is 12.1 Å². The molecule has 0 heterocycles. The molecule has 0 unspecified atom stereocenters. The highest BCUT2D eigenvalue weighted by Crippen LogP contribution is 2.35. The first-order chi connectivity index (χ1) is 9.06. The highest BCUT2D eigenvalue weighted by molar-refractivity contribution is 5.74. The Morgan fingerprint density at radius 2 is 1.58 bits per heavy atom. The smallest absolute Gasteiger partial charge is 0.122 e. The Balaban J connectivity index is 2.67. The largest absolute Gasteiger partial charge is 0.497 e. The summed E-state index contributed by atoms with van der Waals surface area (Å²) < 4.78 is 10.8. The number of rotatable bonds is 3. The van der Waals surface area contributed by atoms with Crippen molar-refractivity contribution in [1.29, 1.82) is 0 Å². The van der Waals surface area contributed by atoms with Crippen LogP contribution in [0.1, 0.15) is 16.7 Å². The third-order valence-corrected chi connectivity index (χ3v) is 3.42. The minimum Gasteiger partial charge on any atom is -0.497 e. The summed E-state index contributed by atoms with van der Waals surface area (Å²) in [5.74, 6) is 1.80. The van der Waals surface area contributed by atoms with E-state index in [-0.39, 0.29) is 0 Å². The van der Waals surface area contributed by atoms with E-state index in [1.165, 1.54) is 22.3 Å². The van der Waals surface area contributed by atoms with E-state index >= 15 is 0 Å². The molecule has 0 N–H and O–H groups in total. The zero-order chi connectivity index (χ0) is 14.0. The third-order valence-electron chi connectivity index (χ3n) is 3.42. The number of ether oxygens (including phenoxy) is 2. The van der Waals surface area contributed by atoms with Crippen molar-refractivity contribution in [2.24, 2.45) is 0 Å². The maximum Gasteiger partial charge on any atom is 0.122 e. The molecule has 100 valence electrons. The molecule has 0 fully saturated rings. The number of benzene rings is 2. The van der Waals surface area contributed by atoms with Crippen molar-refractivity contribution in [2.45, 2.75) is 20.8 Å². The fourth-order valence-electron chi connectivity index (χ4n) is 2.50. The summed E-state index contributed by atoms with van der Waals surface area (Å²) in [4.78, 5) is 0. The monoisotopic (exact) mass is 256 g/mol. The van der Waals surface area contributed by atoms with Gasteiger partial charge < -0.3 is 9.47 Å². The van der Waals surface area contributed by atoms with Crippen molar-refractivity contribution < 1.29 is 9.47 Å². The fraction of sp³-hybridized carbons (Fsp3) is 0.294. The van der Waals surface area contributed by atoms with Crippen molar-refractivity contribution >= 4 is 0 Å². The first-order valence-corrected chi connectivity index (χ1v) is 6.37. The van der Waals surface area contributed by atoms with Crippen LogP contribution in [0.15, 0.2) is 30.3 Å². The van der Waals surface area contributed by atoms with Gasteiger partial charge in [0.2, 0.25) is 0 Å². The summed E-state index contributed by atoms with van der Waals surface area (Å²) in [6.45, 7) is 6.30. The summed E-state index contributed by atoms with van der Waals surface area (Å²) in [6, 6.07) is 10.4. The lowest BCUT2D eigenvalue weighted by Gasteiger charge is -2.15. The van der Waals surface area contributed by atoms with E-state index in [1.807, 2.05) is 12.1 Å². The molecule has 0 spiro atoms. The minimum absolute atomic E-state index is 0.886. The van der Waals surface area contributed by atoms with E-state index in [2.05, 4.69) is 39.0 Å². The molecular weight excluding hydrogens is 236 g/mol. The molecule has 0 aliphatic heterocycles. The molecule has 2 heteroatoms. The lowest BCUT2D eigenvalue weighted by molar-refractivity contribution is 0.411. The van der Waals surface area contributed by atoms with Crippen LogP contribution in [0.5, 0.6) is 11.5 Å². The van der Waals surface area contributed by atoms with Gasteiger partial charge in [-0.2, -0.15) is 0 Å². The number of methoxy groups -OCH3 is 2. The predicted molar refractivity (Wildman–Crippen MR) is 79.2 cm³/mol. The molecule has 0 radical (unpaired) electrons. The molecule has 2 aromatic carbocycles. The fourth-order valence-corrected chi connectivity index (χ4v) is 2.50. The second-order valence-corrected chi connectivity index (χ2v) is 4.82.